The van der Waals surface area contributed by atoms with Crippen LogP contribution in [0.2, 0.25) is 0 Å². The van der Waals surface area contributed by atoms with Gasteiger partial charge in [-0.05, 0) is 37.3 Å². The molecule has 1 fully saturated rings. The van der Waals surface area contributed by atoms with Gasteiger partial charge in [0.25, 0.3) is 5.91 Å². The molecule has 1 aliphatic rings. The number of amides is 1. The van der Waals surface area contributed by atoms with Gasteiger partial charge in [0.15, 0.2) is 0 Å². The van der Waals surface area contributed by atoms with Gasteiger partial charge in [-0.15, -0.1) is 0 Å². The highest BCUT2D eigenvalue weighted by Crippen LogP contribution is 2.13. The number of hydrogen-bond donors (Lipinski definition) is 1. The second-order valence-corrected chi connectivity index (χ2v) is 5.69. The zero-order chi connectivity index (χ0) is 12.8. The summed E-state index contributed by atoms with van der Waals surface area (Å²) in [5, 5.41) is 7.39. The average Bonchev–Trinajstić information content (AvgIpc) is 3.06. The molecule has 2 rings (SSSR count). The monoisotopic (exact) mass is 266 g/mol. The lowest BCUT2D eigenvalue weighted by atomic mass is 10.2. The molecule has 1 N–H and O–H groups in total. The maximum Gasteiger partial charge on any atom is 0.254 e. The van der Waals surface area contributed by atoms with E-state index in [9.17, 15) is 4.79 Å². The first-order valence-electron chi connectivity index (χ1n) is 6.86. The van der Waals surface area contributed by atoms with E-state index in [-0.39, 0.29) is 5.91 Å². The zero-order valence-electron chi connectivity index (χ0n) is 11.0. The molecular weight excluding hydrogens is 244 g/mol. The van der Waals surface area contributed by atoms with Crippen LogP contribution in [0.3, 0.4) is 0 Å². The van der Waals surface area contributed by atoms with Crippen LogP contribution in [0.4, 0.5) is 0 Å². The van der Waals surface area contributed by atoms with E-state index in [0.717, 1.165) is 38.0 Å². The quantitative estimate of drug-likeness (QED) is 0.858. The summed E-state index contributed by atoms with van der Waals surface area (Å²) in [7, 11) is 0. The number of rotatable bonds is 6. The third kappa shape index (κ3) is 3.56. The van der Waals surface area contributed by atoms with Crippen LogP contribution in [0.5, 0.6) is 0 Å². The zero-order valence-corrected chi connectivity index (χ0v) is 11.8. The van der Waals surface area contributed by atoms with Crippen LogP contribution in [-0.4, -0.2) is 36.5 Å². The molecule has 1 amide bonds. The van der Waals surface area contributed by atoms with Crippen molar-refractivity contribution in [1.29, 1.82) is 0 Å². The molecule has 0 saturated carbocycles. The third-order valence-corrected chi connectivity index (χ3v) is 4.12. The van der Waals surface area contributed by atoms with Crippen molar-refractivity contribution < 1.29 is 4.79 Å². The first kappa shape index (κ1) is 13.6. The van der Waals surface area contributed by atoms with Crippen molar-refractivity contribution in [2.45, 2.75) is 38.6 Å². The predicted octanol–water partition coefficient (Wildman–Crippen LogP) is 2.74. The summed E-state index contributed by atoms with van der Waals surface area (Å²) in [6.45, 7) is 5.00. The van der Waals surface area contributed by atoms with Crippen molar-refractivity contribution in [1.82, 2.24) is 10.2 Å². The number of unbranched alkanes of at least 4 members (excludes halogenated alkanes) is 1. The van der Waals surface area contributed by atoms with Crippen molar-refractivity contribution >= 4 is 17.2 Å². The fraction of sp³-hybridized carbons (Fsp3) is 0.643. The molecule has 4 heteroatoms. The van der Waals surface area contributed by atoms with E-state index < -0.39 is 0 Å². The van der Waals surface area contributed by atoms with E-state index in [0.29, 0.717) is 6.04 Å². The molecule has 1 aromatic rings. The van der Waals surface area contributed by atoms with Crippen LogP contribution < -0.4 is 5.32 Å². The Labute approximate surface area is 113 Å². The highest BCUT2D eigenvalue weighted by atomic mass is 32.1. The minimum absolute atomic E-state index is 0.193. The van der Waals surface area contributed by atoms with Crippen LogP contribution in [0.25, 0.3) is 0 Å². The minimum Gasteiger partial charge on any atom is -0.337 e. The van der Waals surface area contributed by atoms with Crippen molar-refractivity contribution in [3.63, 3.8) is 0 Å². The maximum absolute atomic E-state index is 12.4. The molecule has 1 aromatic heterocycles. The second kappa shape index (κ2) is 6.90. The fourth-order valence-electron chi connectivity index (χ4n) is 2.37. The minimum atomic E-state index is 0.193. The molecule has 0 bridgehead atoms. The summed E-state index contributed by atoms with van der Waals surface area (Å²) < 4.78 is 0. The lowest BCUT2D eigenvalue weighted by Crippen LogP contribution is -2.41. The Bertz CT molecular complexity index is 358. The average molecular weight is 266 g/mol. The summed E-state index contributed by atoms with van der Waals surface area (Å²) in [5.74, 6) is 0.193. The summed E-state index contributed by atoms with van der Waals surface area (Å²) in [6.07, 6.45) is 4.65. The van der Waals surface area contributed by atoms with Gasteiger partial charge in [-0.3, -0.25) is 4.79 Å². The highest BCUT2D eigenvalue weighted by molar-refractivity contribution is 7.08. The van der Waals surface area contributed by atoms with Gasteiger partial charge in [-0.25, -0.2) is 0 Å². The standard InChI is InChI=1S/C14H22N2OS/c1-2-3-8-16(10-13-5-4-7-15-13)14(17)12-6-9-18-11-12/h6,9,11,13,15H,2-5,7-8,10H2,1H3. The Morgan fingerprint density at radius 3 is 3.11 bits per heavy atom. The topological polar surface area (TPSA) is 32.3 Å². The molecular formula is C14H22N2OS. The van der Waals surface area contributed by atoms with Crippen LogP contribution >= 0.6 is 11.3 Å². The van der Waals surface area contributed by atoms with Gasteiger partial charge in [0.1, 0.15) is 0 Å². The Morgan fingerprint density at radius 2 is 2.50 bits per heavy atom. The largest absolute Gasteiger partial charge is 0.337 e. The van der Waals surface area contributed by atoms with Crippen LogP contribution in [0.15, 0.2) is 16.8 Å². The molecule has 2 heterocycles. The maximum atomic E-state index is 12.4. The Hall–Kier alpha value is -0.870. The van der Waals surface area contributed by atoms with E-state index >= 15 is 0 Å². The molecule has 0 aliphatic carbocycles. The van der Waals surface area contributed by atoms with Crippen molar-refractivity contribution in [2.24, 2.45) is 0 Å². The van der Waals surface area contributed by atoms with Gasteiger partial charge < -0.3 is 10.2 Å². The van der Waals surface area contributed by atoms with E-state index in [2.05, 4.69) is 12.2 Å². The summed E-state index contributed by atoms with van der Waals surface area (Å²) >= 11 is 1.59. The van der Waals surface area contributed by atoms with E-state index in [4.69, 9.17) is 0 Å². The molecule has 0 spiro atoms. The third-order valence-electron chi connectivity index (χ3n) is 3.44. The molecule has 1 unspecified atom stereocenters. The lowest BCUT2D eigenvalue weighted by molar-refractivity contribution is 0.0740. The molecule has 1 atom stereocenters. The van der Waals surface area contributed by atoms with Gasteiger partial charge in [0, 0.05) is 24.5 Å². The first-order valence-corrected chi connectivity index (χ1v) is 7.80. The first-order chi connectivity index (χ1) is 8.81. The Morgan fingerprint density at radius 1 is 1.61 bits per heavy atom. The van der Waals surface area contributed by atoms with Crippen molar-refractivity contribution in [3.8, 4) is 0 Å². The predicted molar refractivity (Wildman–Crippen MR) is 76.2 cm³/mol. The highest BCUT2D eigenvalue weighted by Gasteiger charge is 2.22. The number of thiophene rings is 1. The van der Waals surface area contributed by atoms with Gasteiger partial charge in [0.2, 0.25) is 0 Å². The van der Waals surface area contributed by atoms with E-state index in [1.165, 1.54) is 12.8 Å². The Kier molecular flexibility index (Phi) is 5.20. The van der Waals surface area contributed by atoms with Crippen molar-refractivity contribution in [3.05, 3.63) is 22.4 Å². The second-order valence-electron chi connectivity index (χ2n) is 4.91. The van der Waals surface area contributed by atoms with E-state index in [1.54, 1.807) is 11.3 Å². The van der Waals surface area contributed by atoms with Crippen molar-refractivity contribution in [2.75, 3.05) is 19.6 Å². The summed E-state index contributed by atoms with van der Waals surface area (Å²) in [6, 6.07) is 2.41. The lowest BCUT2D eigenvalue weighted by Gasteiger charge is -2.25. The summed E-state index contributed by atoms with van der Waals surface area (Å²) in [5.41, 5.74) is 0.842. The van der Waals surface area contributed by atoms with E-state index in [1.807, 2.05) is 21.7 Å². The summed E-state index contributed by atoms with van der Waals surface area (Å²) in [4.78, 5) is 14.4. The van der Waals surface area contributed by atoms with Gasteiger partial charge in [0.05, 0.1) is 5.56 Å². The van der Waals surface area contributed by atoms with Crippen LogP contribution in [0.1, 0.15) is 43.0 Å². The Balaban J connectivity index is 1.96. The number of carbonyl (C=O) groups excluding carboxylic acids is 1. The molecule has 18 heavy (non-hydrogen) atoms. The molecule has 0 aromatic carbocycles. The smallest absolute Gasteiger partial charge is 0.254 e. The number of nitrogens with zero attached hydrogens (tertiary/aromatic N) is 1. The number of nitrogens with one attached hydrogen (secondary N) is 1. The van der Waals surface area contributed by atoms with Gasteiger partial charge in [-0.1, -0.05) is 13.3 Å². The molecule has 1 saturated heterocycles. The molecule has 100 valence electrons. The van der Waals surface area contributed by atoms with Gasteiger partial charge >= 0.3 is 0 Å². The van der Waals surface area contributed by atoms with Gasteiger partial charge in [-0.2, -0.15) is 11.3 Å². The number of carbonyl (C=O) groups is 1. The molecule has 3 nitrogen and oxygen atoms in total. The SMILES string of the molecule is CCCCN(CC1CCCN1)C(=O)c1ccsc1. The van der Waals surface area contributed by atoms with Crippen LogP contribution in [-0.2, 0) is 0 Å². The molecule has 1 aliphatic heterocycles. The van der Waals surface area contributed by atoms with Crippen LogP contribution in [0, 0.1) is 0 Å². The molecule has 0 radical (unpaired) electrons. The normalized spacial score (nSPS) is 19.1. The fourth-order valence-corrected chi connectivity index (χ4v) is 3.00. The number of hydrogen-bond acceptors (Lipinski definition) is 3.